The predicted octanol–water partition coefficient (Wildman–Crippen LogP) is 2.84. The molecular formula is C26H31N7O2. The van der Waals surface area contributed by atoms with Crippen molar-refractivity contribution in [3.63, 3.8) is 0 Å². The average Bonchev–Trinajstić information content (AvgIpc) is 3.43. The Kier molecular flexibility index (Phi) is 5.34. The van der Waals surface area contributed by atoms with Gasteiger partial charge >= 0.3 is 5.69 Å². The van der Waals surface area contributed by atoms with Gasteiger partial charge in [-0.05, 0) is 63.2 Å². The van der Waals surface area contributed by atoms with Crippen molar-refractivity contribution in [1.82, 2.24) is 29.2 Å². The molecule has 3 aromatic heterocycles. The fourth-order valence-electron chi connectivity index (χ4n) is 5.47. The first-order valence-electron chi connectivity index (χ1n) is 12.2. The number of ether oxygens (including phenoxy) is 1. The van der Waals surface area contributed by atoms with Gasteiger partial charge in [0.2, 0.25) is 0 Å². The van der Waals surface area contributed by atoms with Gasteiger partial charge < -0.3 is 14.5 Å². The van der Waals surface area contributed by atoms with Crippen LogP contribution in [0.2, 0.25) is 0 Å². The van der Waals surface area contributed by atoms with Crippen LogP contribution in [0, 0.1) is 0 Å². The zero-order valence-corrected chi connectivity index (χ0v) is 20.7. The number of hydrogen-bond acceptors (Lipinski definition) is 7. The first-order chi connectivity index (χ1) is 16.9. The second-order valence-corrected chi connectivity index (χ2v) is 10.1. The fraction of sp³-hybridized carbons (Fsp3) is 0.462. The van der Waals surface area contributed by atoms with E-state index < -0.39 is 0 Å². The van der Waals surface area contributed by atoms with E-state index in [-0.39, 0.29) is 17.8 Å². The molecule has 1 saturated heterocycles. The molecule has 6 rings (SSSR count). The Balaban J connectivity index is 1.38. The highest BCUT2D eigenvalue weighted by atomic mass is 16.5. The molecule has 9 heteroatoms. The molecule has 4 aromatic rings. The minimum absolute atomic E-state index is 0.0561. The van der Waals surface area contributed by atoms with E-state index in [0.29, 0.717) is 11.7 Å². The number of aromatic nitrogens is 5. The van der Waals surface area contributed by atoms with Gasteiger partial charge in [0.1, 0.15) is 11.3 Å². The summed E-state index contributed by atoms with van der Waals surface area (Å²) < 4.78 is 8.95. The van der Waals surface area contributed by atoms with E-state index in [4.69, 9.17) is 9.72 Å². The van der Waals surface area contributed by atoms with Crippen LogP contribution in [0.25, 0.3) is 33.2 Å². The number of nitrogens with zero attached hydrogens (tertiary/aromatic N) is 7. The number of fused-ring (bicyclic) bond motifs is 3. The zero-order chi connectivity index (χ0) is 24.3. The van der Waals surface area contributed by atoms with E-state index >= 15 is 0 Å². The third-order valence-corrected chi connectivity index (χ3v) is 7.83. The van der Waals surface area contributed by atoms with Gasteiger partial charge in [-0.15, -0.1) is 10.2 Å². The second kappa shape index (κ2) is 8.42. The molecule has 0 amide bonds. The molecule has 0 radical (unpaired) electrons. The van der Waals surface area contributed by atoms with E-state index in [2.05, 4.69) is 52.3 Å². The number of pyridine rings is 1. The minimum atomic E-state index is -0.0561. The third kappa shape index (κ3) is 3.61. The summed E-state index contributed by atoms with van der Waals surface area (Å²) in [5.74, 6) is 1.02. The quantitative estimate of drug-likeness (QED) is 0.441. The summed E-state index contributed by atoms with van der Waals surface area (Å²) in [6.07, 6.45) is 4.96. The van der Waals surface area contributed by atoms with E-state index in [0.717, 1.165) is 65.7 Å². The number of rotatable bonds is 5. The van der Waals surface area contributed by atoms with Gasteiger partial charge in [0.05, 0.1) is 11.6 Å². The maximum Gasteiger partial charge on any atom is 0.330 e. The van der Waals surface area contributed by atoms with Gasteiger partial charge in [-0.3, -0.25) is 9.13 Å². The Labute approximate surface area is 203 Å². The van der Waals surface area contributed by atoms with Crippen LogP contribution in [-0.4, -0.2) is 75.7 Å². The van der Waals surface area contributed by atoms with Crippen LogP contribution in [0.1, 0.15) is 25.3 Å². The smallest absolute Gasteiger partial charge is 0.330 e. The number of aryl methyl sites for hydroxylation is 1. The molecule has 35 heavy (non-hydrogen) atoms. The molecule has 9 nitrogen and oxygen atoms in total. The highest BCUT2D eigenvalue weighted by Crippen LogP contribution is 2.37. The third-order valence-electron chi connectivity index (χ3n) is 7.83. The number of imidazole rings is 1. The van der Waals surface area contributed by atoms with Crippen molar-refractivity contribution in [2.75, 3.05) is 39.2 Å². The van der Waals surface area contributed by atoms with E-state index in [1.54, 1.807) is 18.7 Å². The summed E-state index contributed by atoms with van der Waals surface area (Å²) in [4.78, 5) is 22.6. The van der Waals surface area contributed by atoms with Crippen LogP contribution in [-0.2, 0) is 11.8 Å². The Morgan fingerprint density at radius 1 is 1.09 bits per heavy atom. The van der Waals surface area contributed by atoms with Crippen molar-refractivity contribution < 1.29 is 4.74 Å². The molecular weight excluding hydrogens is 442 g/mol. The molecule has 4 heterocycles. The van der Waals surface area contributed by atoms with Crippen LogP contribution in [0.4, 0.5) is 5.82 Å². The molecule has 0 bridgehead atoms. The molecule has 1 aromatic carbocycles. The van der Waals surface area contributed by atoms with Crippen molar-refractivity contribution in [3.8, 4) is 11.1 Å². The van der Waals surface area contributed by atoms with Crippen LogP contribution in [0.5, 0.6) is 0 Å². The van der Waals surface area contributed by atoms with E-state index in [9.17, 15) is 4.79 Å². The lowest BCUT2D eigenvalue weighted by Gasteiger charge is -2.34. The van der Waals surface area contributed by atoms with Gasteiger partial charge in [-0.2, -0.15) is 0 Å². The number of benzene rings is 1. The van der Waals surface area contributed by atoms with Crippen molar-refractivity contribution in [1.29, 1.82) is 0 Å². The lowest BCUT2D eigenvalue weighted by molar-refractivity contribution is 0.00635. The number of hydrogen-bond donors (Lipinski definition) is 0. The fourth-order valence-corrected chi connectivity index (χ4v) is 5.47. The number of anilines is 1. The number of methoxy groups -OCH3 is 1. The molecule has 0 N–H and O–H groups in total. The summed E-state index contributed by atoms with van der Waals surface area (Å²) >= 11 is 0. The summed E-state index contributed by atoms with van der Waals surface area (Å²) in [7, 11) is 7.77. The molecule has 1 aliphatic heterocycles. The van der Waals surface area contributed by atoms with Gasteiger partial charge in [-0.1, -0.05) is 6.07 Å². The van der Waals surface area contributed by atoms with Crippen molar-refractivity contribution in [2.45, 2.75) is 37.5 Å². The van der Waals surface area contributed by atoms with Crippen LogP contribution in [0.15, 0.2) is 41.3 Å². The van der Waals surface area contributed by atoms with E-state index in [1.807, 2.05) is 22.9 Å². The lowest BCUT2D eigenvalue weighted by atomic mass is 9.89. The Bertz CT molecular complexity index is 1450. The zero-order valence-electron chi connectivity index (χ0n) is 20.7. The summed E-state index contributed by atoms with van der Waals surface area (Å²) in [5.41, 5.74) is 4.26. The minimum Gasteiger partial charge on any atom is -0.381 e. The van der Waals surface area contributed by atoms with Crippen molar-refractivity contribution >= 4 is 27.9 Å². The van der Waals surface area contributed by atoms with Crippen molar-refractivity contribution in [3.05, 3.63) is 47.0 Å². The Morgan fingerprint density at radius 2 is 1.89 bits per heavy atom. The highest BCUT2D eigenvalue weighted by molar-refractivity contribution is 6.02. The average molecular weight is 474 g/mol. The van der Waals surface area contributed by atoms with Crippen LogP contribution < -0.4 is 10.6 Å². The normalized spacial score (nSPS) is 22.4. The SMILES string of the molecule is CO[C@H]1C[C@@H](n2c(=O)n(C)c3nnc4ccc(-c5ccc(N6CC[C@@H](N(C)C)C6)nc5)cc4c32)C1. The molecule has 2 fully saturated rings. The maximum atomic E-state index is 13.1. The summed E-state index contributed by atoms with van der Waals surface area (Å²) in [5, 5.41) is 9.73. The molecule has 1 atom stereocenters. The molecule has 0 unspecified atom stereocenters. The first-order valence-corrected chi connectivity index (χ1v) is 12.2. The van der Waals surface area contributed by atoms with Crippen LogP contribution in [0.3, 0.4) is 0 Å². The summed E-state index contributed by atoms with van der Waals surface area (Å²) in [6.45, 7) is 2.03. The number of likely N-dealkylation sites (N-methyl/N-ethyl adjacent to an activating group) is 1. The summed E-state index contributed by atoms with van der Waals surface area (Å²) in [6, 6.07) is 11.1. The molecule has 1 saturated carbocycles. The van der Waals surface area contributed by atoms with Gasteiger partial charge in [0, 0.05) is 56.5 Å². The standard InChI is InChI=1S/C26H31N7O2/c1-30(2)18-9-10-32(15-18)23-8-6-17(14-27-23)16-5-7-22-21(11-16)24-25(29-28-22)31(3)26(34)33(24)19-12-20(13-19)35-4/h5-8,11,14,18-20H,9-10,12-13,15H2,1-4H3/t18-,19-,20+/m1/s1. The van der Waals surface area contributed by atoms with E-state index in [1.165, 1.54) is 0 Å². The Morgan fingerprint density at radius 3 is 2.57 bits per heavy atom. The Hall–Kier alpha value is -3.30. The van der Waals surface area contributed by atoms with Crippen molar-refractivity contribution in [2.24, 2.45) is 7.05 Å². The van der Waals surface area contributed by atoms with Gasteiger partial charge in [0.25, 0.3) is 0 Å². The highest BCUT2D eigenvalue weighted by Gasteiger charge is 2.34. The lowest BCUT2D eigenvalue weighted by Crippen LogP contribution is -2.37. The monoisotopic (exact) mass is 473 g/mol. The van der Waals surface area contributed by atoms with Gasteiger partial charge in [0.15, 0.2) is 5.65 Å². The second-order valence-electron chi connectivity index (χ2n) is 10.1. The largest absolute Gasteiger partial charge is 0.381 e. The molecule has 1 aliphatic carbocycles. The molecule has 2 aliphatic rings. The predicted molar refractivity (Wildman–Crippen MR) is 137 cm³/mol. The van der Waals surface area contributed by atoms with Crippen LogP contribution >= 0.6 is 0 Å². The first kappa shape index (κ1) is 22.2. The molecule has 0 spiro atoms. The maximum absolute atomic E-state index is 13.1. The molecule has 182 valence electrons. The topological polar surface area (TPSA) is 81.3 Å². The van der Waals surface area contributed by atoms with Gasteiger partial charge in [-0.25, -0.2) is 9.78 Å².